The fraction of sp³-hybridized carbons (Fsp3) is 0.333. The second-order valence-corrected chi connectivity index (χ2v) is 17.2. The number of likely N-dealkylation sites (tertiary alicyclic amines) is 2. The lowest BCUT2D eigenvalue weighted by molar-refractivity contribution is -0.146. The van der Waals surface area contributed by atoms with E-state index in [1.807, 2.05) is 39.8 Å². The number of carboxylic acid groups (broad SMARTS) is 2. The summed E-state index contributed by atoms with van der Waals surface area (Å²) >= 11 is 0.493. The topological polar surface area (TPSA) is 115 Å². The van der Waals surface area contributed by atoms with Gasteiger partial charge in [0.2, 0.25) is 11.8 Å². The maximum absolute atomic E-state index is 16.5. The first-order chi connectivity index (χ1) is 29.1. The number of aliphatic carboxylic acids is 2. The number of piperidine rings is 2. The standard InChI is InChI=1S/C48H48F4N2O6S/c1-27(2)31-13-5-7-15-33(31)37-23-39(45(51)43(49)35(37)17-19-41(55)53-21-9-11-29(25-53)47(57)58)61-40-24-38(34-16-8-6-14-32(34)28(3)4)36(44(50)46(40)52)18-20-42(56)54-22-10-12-30(26-54)48(59)60/h5-8,13-20,23-24,27-30H,9-12,21-22,25-26H2,1-4H3,(H,57,58)(H,59,60). The van der Waals surface area contributed by atoms with Gasteiger partial charge >= 0.3 is 11.9 Å². The number of benzene rings is 4. The molecule has 2 atom stereocenters. The predicted octanol–water partition coefficient (Wildman–Crippen LogP) is 10.6. The van der Waals surface area contributed by atoms with Gasteiger partial charge in [0, 0.05) is 49.5 Å². The molecule has 4 aromatic rings. The van der Waals surface area contributed by atoms with Gasteiger partial charge in [-0.05, 0) is 95.2 Å². The number of hydrogen-bond donors (Lipinski definition) is 2. The monoisotopic (exact) mass is 856 g/mol. The quantitative estimate of drug-likeness (QED) is 0.108. The first-order valence-corrected chi connectivity index (χ1v) is 21.2. The number of carbonyl (C=O) groups is 4. The molecule has 61 heavy (non-hydrogen) atoms. The number of rotatable bonds is 12. The SMILES string of the molecule is CC(C)c1ccccc1-c1cc(Sc2cc(-c3ccccc3C(C)C)c(C=CC(=O)N3CCCC(C(=O)O)C3)c(F)c2F)c(F)c(F)c1C=CC(=O)N1CCCC(C(=O)O)C1. The van der Waals surface area contributed by atoms with Crippen LogP contribution in [0, 0.1) is 35.1 Å². The second-order valence-electron chi connectivity index (χ2n) is 16.1. The third kappa shape index (κ3) is 9.93. The van der Waals surface area contributed by atoms with Crippen LogP contribution in [0.2, 0.25) is 0 Å². The average Bonchev–Trinajstić information content (AvgIpc) is 3.25. The van der Waals surface area contributed by atoms with E-state index in [9.17, 15) is 29.4 Å². The predicted molar refractivity (Wildman–Crippen MR) is 228 cm³/mol. The molecule has 2 aliphatic heterocycles. The lowest BCUT2D eigenvalue weighted by atomic mass is 9.89. The Bertz CT molecular complexity index is 2250. The first-order valence-electron chi connectivity index (χ1n) is 20.4. The molecule has 0 saturated carbocycles. The summed E-state index contributed by atoms with van der Waals surface area (Å²) in [4.78, 5) is 51.8. The van der Waals surface area contributed by atoms with Crippen molar-refractivity contribution in [2.45, 2.75) is 75.0 Å². The Morgan fingerprint density at radius 3 is 1.34 bits per heavy atom. The van der Waals surface area contributed by atoms with E-state index in [1.54, 1.807) is 36.4 Å². The van der Waals surface area contributed by atoms with Crippen LogP contribution in [-0.2, 0) is 19.2 Å². The van der Waals surface area contributed by atoms with Crippen LogP contribution in [0.1, 0.15) is 87.5 Å². The van der Waals surface area contributed by atoms with Gasteiger partial charge in [-0.25, -0.2) is 17.6 Å². The molecular formula is C48H48F4N2O6S. The van der Waals surface area contributed by atoms with Gasteiger partial charge in [-0.15, -0.1) is 0 Å². The van der Waals surface area contributed by atoms with E-state index in [2.05, 4.69) is 0 Å². The molecule has 8 nitrogen and oxygen atoms in total. The van der Waals surface area contributed by atoms with Crippen LogP contribution in [0.15, 0.2) is 82.6 Å². The zero-order valence-electron chi connectivity index (χ0n) is 34.4. The van der Waals surface area contributed by atoms with Crippen molar-refractivity contribution in [2.24, 2.45) is 11.8 Å². The number of carbonyl (C=O) groups excluding carboxylic acids is 2. The van der Waals surface area contributed by atoms with Gasteiger partial charge in [0.1, 0.15) is 0 Å². The third-order valence-electron chi connectivity index (χ3n) is 11.3. The molecule has 2 unspecified atom stereocenters. The normalized spacial score (nSPS) is 17.2. The Morgan fingerprint density at radius 2 is 0.984 bits per heavy atom. The van der Waals surface area contributed by atoms with E-state index in [0.717, 1.165) is 23.3 Å². The highest BCUT2D eigenvalue weighted by Crippen LogP contribution is 2.44. The summed E-state index contributed by atoms with van der Waals surface area (Å²) in [7, 11) is 0. The zero-order chi connectivity index (χ0) is 44.1. The highest BCUT2D eigenvalue weighted by Gasteiger charge is 2.30. The highest BCUT2D eigenvalue weighted by atomic mass is 32.2. The van der Waals surface area contributed by atoms with Crippen molar-refractivity contribution >= 4 is 47.7 Å². The van der Waals surface area contributed by atoms with Crippen LogP contribution in [0.25, 0.3) is 34.4 Å². The summed E-state index contributed by atoms with van der Waals surface area (Å²) < 4.78 is 65.9. The molecule has 2 saturated heterocycles. The summed E-state index contributed by atoms with van der Waals surface area (Å²) in [5.41, 5.74) is 2.52. The lowest BCUT2D eigenvalue weighted by Gasteiger charge is -2.29. The number of hydrogen-bond acceptors (Lipinski definition) is 5. The Morgan fingerprint density at radius 1 is 0.607 bits per heavy atom. The van der Waals surface area contributed by atoms with Crippen molar-refractivity contribution < 1.29 is 47.0 Å². The van der Waals surface area contributed by atoms with Crippen molar-refractivity contribution in [2.75, 3.05) is 26.2 Å². The molecule has 2 amide bonds. The van der Waals surface area contributed by atoms with Crippen molar-refractivity contribution in [1.29, 1.82) is 0 Å². The largest absolute Gasteiger partial charge is 0.481 e. The molecule has 0 aromatic heterocycles. The molecule has 0 radical (unpaired) electrons. The maximum atomic E-state index is 16.5. The van der Waals surface area contributed by atoms with E-state index in [-0.39, 0.29) is 57.0 Å². The van der Waals surface area contributed by atoms with Crippen LogP contribution < -0.4 is 0 Å². The van der Waals surface area contributed by atoms with Crippen molar-refractivity contribution in [3.05, 3.63) is 118 Å². The minimum Gasteiger partial charge on any atom is -0.481 e. The minimum absolute atomic E-state index is 0.0176. The second kappa shape index (κ2) is 19.4. The van der Waals surface area contributed by atoms with Gasteiger partial charge in [0.05, 0.1) is 21.6 Å². The third-order valence-corrected chi connectivity index (χ3v) is 12.4. The number of carboxylic acids is 2. The Balaban J connectivity index is 1.46. The smallest absolute Gasteiger partial charge is 0.308 e. The fourth-order valence-corrected chi connectivity index (χ4v) is 8.99. The van der Waals surface area contributed by atoms with Gasteiger partial charge in [0.15, 0.2) is 23.3 Å². The molecular weight excluding hydrogens is 809 g/mol. The Hall–Kier alpha value is -5.69. The van der Waals surface area contributed by atoms with Crippen LogP contribution in [0.3, 0.4) is 0 Å². The number of amides is 2. The van der Waals surface area contributed by atoms with Crippen LogP contribution in [0.5, 0.6) is 0 Å². The lowest BCUT2D eigenvalue weighted by Crippen LogP contribution is -2.41. The minimum atomic E-state index is -1.36. The van der Waals surface area contributed by atoms with Crippen LogP contribution >= 0.6 is 11.8 Å². The first kappa shape index (κ1) is 44.9. The van der Waals surface area contributed by atoms with Crippen LogP contribution in [0.4, 0.5) is 17.6 Å². The summed E-state index contributed by atoms with van der Waals surface area (Å²) in [6, 6.07) is 16.9. The molecule has 0 bridgehead atoms. The van der Waals surface area contributed by atoms with Crippen molar-refractivity contribution in [3.63, 3.8) is 0 Å². The van der Waals surface area contributed by atoms with E-state index in [1.165, 1.54) is 34.1 Å². The van der Waals surface area contributed by atoms with E-state index in [0.29, 0.717) is 61.7 Å². The number of halogens is 4. The van der Waals surface area contributed by atoms with E-state index in [4.69, 9.17) is 0 Å². The van der Waals surface area contributed by atoms with E-state index < -0.39 is 58.9 Å². The zero-order valence-corrected chi connectivity index (χ0v) is 35.2. The fourth-order valence-electron chi connectivity index (χ4n) is 8.04. The Labute approximate surface area is 357 Å². The molecule has 6 rings (SSSR count). The summed E-state index contributed by atoms with van der Waals surface area (Å²) in [6.07, 6.45) is 6.31. The van der Waals surface area contributed by atoms with E-state index >= 15 is 17.6 Å². The molecule has 320 valence electrons. The van der Waals surface area contributed by atoms with Crippen molar-refractivity contribution in [3.8, 4) is 22.3 Å². The van der Waals surface area contributed by atoms with Gasteiger partial charge in [-0.1, -0.05) is 88.0 Å². The molecule has 2 heterocycles. The molecule has 13 heteroatoms. The van der Waals surface area contributed by atoms with Crippen LogP contribution in [-0.4, -0.2) is 69.9 Å². The average molecular weight is 857 g/mol. The van der Waals surface area contributed by atoms with Crippen molar-refractivity contribution in [1.82, 2.24) is 9.80 Å². The molecule has 0 spiro atoms. The molecule has 4 aromatic carbocycles. The maximum Gasteiger partial charge on any atom is 0.308 e. The van der Waals surface area contributed by atoms with Gasteiger partial charge in [-0.3, -0.25) is 19.2 Å². The molecule has 2 N–H and O–H groups in total. The summed E-state index contributed by atoms with van der Waals surface area (Å²) in [6.45, 7) is 8.31. The molecule has 2 fully saturated rings. The van der Waals surface area contributed by atoms with Gasteiger partial charge < -0.3 is 20.0 Å². The number of nitrogens with zero attached hydrogens (tertiary/aromatic N) is 2. The summed E-state index contributed by atoms with van der Waals surface area (Å²) in [5.74, 6) is -10.1. The summed E-state index contributed by atoms with van der Waals surface area (Å²) in [5, 5.41) is 19.0. The molecule has 2 aliphatic rings. The Kier molecular flexibility index (Phi) is 14.2. The molecule has 0 aliphatic carbocycles. The highest BCUT2D eigenvalue weighted by molar-refractivity contribution is 7.99. The van der Waals surface area contributed by atoms with Gasteiger partial charge in [-0.2, -0.15) is 0 Å². The van der Waals surface area contributed by atoms with Gasteiger partial charge in [0.25, 0.3) is 0 Å².